The summed E-state index contributed by atoms with van der Waals surface area (Å²) in [5.74, 6) is -6.29. The van der Waals surface area contributed by atoms with Crippen LogP contribution < -0.4 is 27.4 Å². The lowest BCUT2D eigenvalue weighted by atomic mass is 10.0. The molecule has 0 saturated heterocycles. The molecule has 0 fully saturated rings. The molecule has 4 amide bonds. The van der Waals surface area contributed by atoms with Crippen molar-refractivity contribution >= 4 is 48.2 Å². The molecule has 0 spiro atoms. The molecule has 0 saturated carbocycles. The van der Waals surface area contributed by atoms with Crippen molar-refractivity contribution in [3.63, 3.8) is 0 Å². The Labute approximate surface area is 206 Å². The first-order chi connectivity index (χ1) is 16.4. The third-order valence-electron chi connectivity index (χ3n) is 4.76. The van der Waals surface area contributed by atoms with Crippen LogP contribution in [0.4, 0.5) is 0 Å². The van der Waals surface area contributed by atoms with Gasteiger partial charge in [-0.3, -0.25) is 24.0 Å². The van der Waals surface area contributed by atoms with Gasteiger partial charge in [0.1, 0.15) is 18.1 Å². The van der Waals surface area contributed by atoms with Gasteiger partial charge in [-0.05, 0) is 12.0 Å². The van der Waals surface area contributed by atoms with Crippen molar-refractivity contribution < 1.29 is 39.0 Å². The topological polar surface area (TPSA) is 231 Å². The molecule has 1 aromatic carbocycles. The van der Waals surface area contributed by atoms with Crippen LogP contribution in [0.5, 0.6) is 0 Å². The number of amides is 4. The van der Waals surface area contributed by atoms with Crippen molar-refractivity contribution in [1.82, 2.24) is 16.0 Å². The van der Waals surface area contributed by atoms with E-state index in [9.17, 15) is 33.9 Å². The minimum Gasteiger partial charge on any atom is -0.481 e. The summed E-state index contributed by atoms with van der Waals surface area (Å²) in [7, 11) is 0. The Morgan fingerprint density at radius 2 is 1.40 bits per heavy atom. The summed E-state index contributed by atoms with van der Waals surface area (Å²) < 4.78 is 0. The van der Waals surface area contributed by atoms with E-state index < -0.39 is 66.2 Å². The van der Waals surface area contributed by atoms with E-state index in [0.29, 0.717) is 5.56 Å². The summed E-state index contributed by atoms with van der Waals surface area (Å²) in [6, 6.07) is 3.11. The monoisotopic (exact) mass is 511 g/mol. The van der Waals surface area contributed by atoms with Gasteiger partial charge in [0.2, 0.25) is 23.6 Å². The molecule has 9 N–H and O–H groups in total. The Morgan fingerprint density at radius 1 is 0.857 bits per heavy atom. The number of benzene rings is 1. The van der Waals surface area contributed by atoms with E-state index in [2.05, 4.69) is 28.6 Å². The van der Waals surface area contributed by atoms with Gasteiger partial charge >= 0.3 is 11.9 Å². The van der Waals surface area contributed by atoms with Crippen molar-refractivity contribution in [2.75, 3.05) is 5.75 Å². The van der Waals surface area contributed by atoms with E-state index >= 15 is 0 Å². The zero-order chi connectivity index (χ0) is 26.5. The number of hydrogen-bond donors (Lipinski definition) is 8. The lowest BCUT2D eigenvalue weighted by Crippen LogP contribution is -2.58. The fourth-order valence-corrected chi connectivity index (χ4v) is 3.14. The predicted molar refractivity (Wildman–Crippen MR) is 126 cm³/mol. The molecule has 13 nitrogen and oxygen atoms in total. The zero-order valence-electron chi connectivity index (χ0n) is 18.7. The normalized spacial score (nSPS) is 14.0. The summed E-state index contributed by atoms with van der Waals surface area (Å²) >= 11 is 4.04. The minimum atomic E-state index is -1.72. The molecular formula is C21H29N5O8S. The van der Waals surface area contributed by atoms with Crippen LogP contribution in [0.3, 0.4) is 0 Å². The van der Waals surface area contributed by atoms with Crippen molar-refractivity contribution in [3.05, 3.63) is 35.9 Å². The Balaban J connectivity index is 2.99. The molecule has 35 heavy (non-hydrogen) atoms. The highest BCUT2D eigenvalue weighted by atomic mass is 32.1. The molecule has 0 heterocycles. The van der Waals surface area contributed by atoms with Gasteiger partial charge in [-0.2, -0.15) is 12.6 Å². The Morgan fingerprint density at radius 3 is 1.91 bits per heavy atom. The van der Waals surface area contributed by atoms with Crippen LogP contribution in [-0.2, 0) is 35.2 Å². The van der Waals surface area contributed by atoms with Gasteiger partial charge in [0.05, 0.1) is 12.5 Å². The number of carboxylic acid groups (broad SMARTS) is 2. The largest absolute Gasteiger partial charge is 0.481 e. The van der Waals surface area contributed by atoms with Crippen LogP contribution in [0.1, 0.15) is 24.8 Å². The van der Waals surface area contributed by atoms with Gasteiger partial charge in [-0.25, -0.2) is 4.79 Å². The van der Waals surface area contributed by atoms with Crippen molar-refractivity contribution in [1.29, 1.82) is 0 Å². The number of carbonyl (C=O) groups excluding carboxylic acids is 4. The molecule has 1 aromatic rings. The third kappa shape index (κ3) is 10.9. The summed E-state index contributed by atoms with van der Waals surface area (Å²) in [4.78, 5) is 71.1. The van der Waals surface area contributed by atoms with Gasteiger partial charge in [0.15, 0.2) is 0 Å². The molecule has 192 valence electrons. The van der Waals surface area contributed by atoms with Crippen LogP contribution >= 0.6 is 12.6 Å². The number of nitrogens with one attached hydrogen (secondary N) is 3. The second-order valence-electron chi connectivity index (χ2n) is 7.60. The molecule has 0 radical (unpaired) electrons. The number of hydrogen-bond acceptors (Lipinski definition) is 8. The third-order valence-corrected chi connectivity index (χ3v) is 5.13. The Hall–Kier alpha value is -3.65. The highest BCUT2D eigenvalue weighted by Crippen LogP contribution is 2.06. The van der Waals surface area contributed by atoms with E-state index in [0.717, 1.165) is 0 Å². The van der Waals surface area contributed by atoms with Crippen molar-refractivity contribution in [3.8, 4) is 0 Å². The number of carboxylic acids is 2. The maximum absolute atomic E-state index is 12.8. The molecule has 0 bridgehead atoms. The van der Waals surface area contributed by atoms with Crippen LogP contribution in [0.15, 0.2) is 30.3 Å². The standard InChI is InChI=1S/C21H29N5O8S/c22-12(6-7-16(23)27)18(30)26-15(10-35)20(32)24-13(8-11-4-2-1-3-5-11)19(31)25-14(21(33)34)9-17(28)29/h1-5,12-15,35H,6-10,22H2,(H2,23,27)(H,24,32)(H,25,31)(H,26,30)(H,28,29)(H,33,34). The molecule has 4 unspecified atom stereocenters. The quantitative estimate of drug-likeness (QED) is 0.119. The summed E-state index contributed by atoms with van der Waals surface area (Å²) in [5, 5.41) is 25.0. The molecule has 0 aliphatic rings. The van der Waals surface area contributed by atoms with Crippen LogP contribution in [0.2, 0.25) is 0 Å². The second-order valence-corrected chi connectivity index (χ2v) is 7.97. The lowest BCUT2D eigenvalue weighted by Gasteiger charge is -2.24. The smallest absolute Gasteiger partial charge is 0.326 e. The fraction of sp³-hybridized carbons (Fsp3) is 0.429. The van der Waals surface area contributed by atoms with Gasteiger partial charge in [0.25, 0.3) is 0 Å². The van der Waals surface area contributed by atoms with Crippen LogP contribution in [0, 0.1) is 0 Å². The molecule has 14 heteroatoms. The molecule has 4 atom stereocenters. The number of thiol groups is 1. The minimum absolute atomic E-state index is 0.0404. The van der Waals surface area contributed by atoms with Crippen LogP contribution in [0.25, 0.3) is 0 Å². The fourth-order valence-electron chi connectivity index (χ4n) is 2.88. The number of aliphatic carboxylic acids is 2. The van der Waals surface area contributed by atoms with E-state index in [1.54, 1.807) is 30.3 Å². The number of nitrogens with two attached hydrogens (primary N) is 2. The highest BCUT2D eigenvalue weighted by molar-refractivity contribution is 7.80. The first-order valence-electron chi connectivity index (χ1n) is 10.5. The van der Waals surface area contributed by atoms with Gasteiger partial charge in [-0.1, -0.05) is 30.3 Å². The maximum atomic E-state index is 12.8. The molecule has 0 aromatic heterocycles. The maximum Gasteiger partial charge on any atom is 0.326 e. The summed E-state index contributed by atoms with van der Waals surface area (Å²) in [6.45, 7) is 0. The van der Waals surface area contributed by atoms with E-state index in [-0.39, 0.29) is 25.0 Å². The highest BCUT2D eigenvalue weighted by Gasteiger charge is 2.31. The molecule has 0 aliphatic carbocycles. The van der Waals surface area contributed by atoms with Crippen LogP contribution in [-0.4, -0.2) is 75.7 Å². The predicted octanol–water partition coefficient (Wildman–Crippen LogP) is -2.23. The van der Waals surface area contributed by atoms with Gasteiger partial charge < -0.3 is 37.6 Å². The van der Waals surface area contributed by atoms with E-state index in [1.807, 2.05) is 0 Å². The van der Waals surface area contributed by atoms with Gasteiger partial charge in [-0.15, -0.1) is 0 Å². The Kier molecular flexibility index (Phi) is 12.2. The van der Waals surface area contributed by atoms with E-state index in [4.69, 9.17) is 16.6 Å². The SMILES string of the molecule is NC(=O)CCC(N)C(=O)NC(CS)C(=O)NC(Cc1ccccc1)C(=O)NC(CC(=O)O)C(=O)O. The lowest BCUT2D eigenvalue weighted by molar-refractivity contribution is -0.147. The Bertz CT molecular complexity index is 930. The summed E-state index contributed by atoms with van der Waals surface area (Å²) in [6.07, 6.45) is -1.09. The van der Waals surface area contributed by atoms with Crippen molar-refractivity contribution in [2.45, 2.75) is 49.9 Å². The average Bonchev–Trinajstić information content (AvgIpc) is 2.79. The molecular weight excluding hydrogens is 482 g/mol. The zero-order valence-corrected chi connectivity index (χ0v) is 19.6. The number of carbonyl (C=O) groups is 6. The second kappa shape index (κ2) is 14.6. The molecule has 0 aliphatic heterocycles. The summed E-state index contributed by atoms with van der Waals surface area (Å²) in [5.41, 5.74) is 11.4. The number of rotatable bonds is 15. The number of primary amides is 1. The van der Waals surface area contributed by atoms with Crippen molar-refractivity contribution in [2.24, 2.45) is 11.5 Å². The average molecular weight is 512 g/mol. The van der Waals surface area contributed by atoms with E-state index in [1.165, 1.54) is 0 Å². The van der Waals surface area contributed by atoms with Gasteiger partial charge in [0, 0.05) is 18.6 Å². The molecule has 1 rings (SSSR count). The first-order valence-corrected chi connectivity index (χ1v) is 11.1. The first kappa shape index (κ1) is 29.4.